The van der Waals surface area contributed by atoms with E-state index in [4.69, 9.17) is 0 Å². The van der Waals surface area contributed by atoms with Gasteiger partial charge in [-0.2, -0.15) is 0 Å². The van der Waals surface area contributed by atoms with E-state index in [2.05, 4.69) is 25.5 Å². The molecule has 0 aromatic heterocycles. The smallest absolute Gasteiger partial charge is 0.397 e. The van der Waals surface area contributed by atoms with Gasteiger partial charge in [-0.1, -0.05) is 32.9 Å². The Labute approximate surface area is 108 Å². The zero-order valence-corrected chi connectivity index (χ0v) is 11.5. The number of nitrogens with zero attached hydrogens (tertiary/aromatic N) is 1. The standard InChI is InChI=1S/C14H19NO3/c1-14(2,3)10-6-8-11(9-7-10)15(4)12(16)13(17)18-5/h6-9H,1-5H3. The second-order valence-electron chi connectivity index (χ2n) is 5.15. The number of carbonyl (C=O) groups excluding carboxylic acids is 2. The molecule has 98 valence electrons. The first-order valence-electron chi connectivity index (χ1n) is 5.74. The maximum atomic E-state index is 11.6. The van der Waals surface area contributed by atoms with E-state index in [9.17, 15) is 9.59 Å². The van der Waals surface area contributed by atoms with Crippen LogP contribution in [0.5, 0.6) is 0 Å². The van der Waals surface area contributed by atoms with Crippen LogP contribution in [0.3, 0.4) is 0 Å². The second-order valence-corrected chi connectivity index (χ2v) is 5.15. The number of likely N-dealkylation sites (N-methyl/N-ethyl adjacent to an activating group) is 1. The van der Waals surface area contributed by atoms with Gasteiger partial charge in [0.15, 0.2) is 0 Å². The van der Waals surface area contributed by atoms with Gasteiger partial charge in [-0.25, -0.2) is 4.79 Å². The minimum Gasteiger partial charge on any atom is -0.462 e. The number of rotatable bonds is 1. The first-order chi connectivity index (χ1) is 8.27. The number of anilines is 1. The van der Waals surface area contributed by atoms with Gasteiger partial charge in [0.25, 0.3) is 0 Å². The van der Waals surface area contributed by atoms with Crippen molar-refractivity contribution in [3.63, 3.8) is 0 Å². The Balaban J connectivity index is 2.92. The van der Waals surface area contributed by atoms with Crippen molar-refractivity contribution in [2.24, 2.45) is 0 Å². The first kappa shape index (κ1) is 14.2. The van der Waals surface area contributed by atoms with Gasteiger partial charge < -0.3 is 9.64 Å². The third kappa shape index (κ3) is 3.09. The molecule has 1 amide bonds. The number of ether oxygens (including phenoxy) is 1. The van der Waals surface area contributed by atoms with Gasteiger partial charge in [-0.3, -0.25) is 4.79 Å². The van der Waals surface area contributed by atoms with Crippen molar-refractivity contribution in [2.45, 2.75) is 26.2 Å². The van der Waals surface area contributed by atoms with E-state index in [0.717, 1.165) is 0 Å². The van der Waals surface area contributed by atoms with Crippen molar-refractivity contribution in [3.8, 4) is 0 Å². The van der Waals surface area contributed by atoms with Crippen LogP contribution in [0.15, 0.2) is 24.3 Å². The molecular formula is C14H19NO3. The fourth-order valence-electron chi connectivity index (χ4n) is 1.53. The van der Waals surface area contributed by atoms with Crippen LogP contribution in [0, 0.1) is 0 Å². The molecule has 0 saturated carbocycles. The number of carbonyl (C=O) groups is 2. The Morgan fingerprint density at radius 3 is 2.00 bits per heavy atom. The molecular weight excluding hydrogens is 230 g/mol. The molecule has 18 heavy (non-hydrogen) atoms. The van der Waals surface area contributed by atoms with Gasteiger partial charge in [-0.05, 0) is 23.1 Å². The molecule has 0 bridgehead atoms. The summed E-state index contributed by atoms with van der Waals surface area (Å²) in [5.74, 6) is -1.54. The lowest BCUT2D eigenvalue weighted by Gasteiger charge is -2.21. The molecule has 0 radical (unpaired) electrons. The minimum atomic E-state index is -0.864. The van der Waals surface area contributed by atoms with E-state index in [1.54, 1.807) is 7.05 Å². The highest BCUT2D eigenvalue weighted by Crippen LogP contribution is 2.24. The molecule has 4 heteroatoms. The highest BCUT2D eigenvalue weighted by molar-refractivity contribution is 6.37. The maximum Gasteiger partial charge on any atom is 0.397 e. The lowest BCUT2D eigenvalue weighted by Crippen LogP contribution is -2.34. The Kier molecular flexibility index (Phi) is 4.11. The lowest BCUT2D eigenvalue weighted by atomic mass is 9.87. The van der Waals surface area contributed by atoms with Gasteiger partial charge in [0.05, 0.1) is 7.11 Å². The quantitative estimate of drug-likeness (QED) is 0.565. The van der Waals surface area contributed by atoms with Crippen molar-refractivity contribution in [3.05, 3.63) is 29.8 Å². The zero-order valence-electron chi connectivity index (χ0n) is 11.5. The number of amides is 1. The van der Waals surface area contributed by atoms with Crippen LogP contribution in [-0.4, -0.2) is 26.0 Å². The minimum absolute atomic E-state index is 0.0590. The summed E-state index contributed by atoms with van der Waals surface area (Å²) < 4.78 is 4.40. The largest absolute Gasteiger partial charge is 0.462 e. The average molecular weight is 249 g/mol. The molecule has 0 aliphatic carbocycles. The Morgan fingerprint density at radius 2 is 1.61 bits per heavy atom. The van der Waals surface area contributed by atoms with Crippen molar-refractivity contribution in [2.75, 3.05) is 19.1 Å². The van der Waals surface area contributed by atoms with Crippen LogP contribution < -0.4 is 4.90 Å². The molecule has 0 N–H and O–H groups in total. The van der Waals surface area contributed by atoms with E-state index in [1.165, 1.54) is 17.6 Å². The SMILES string of the molecule is COC(=O)C(=O)N(C)c1ccc(C(C)(C)C)cc1. The predicted molar refractivity (Wildman–Crippen MR) is 70.6 cm³/mol. The van der Waals surface area contributed by atoms with Crippen LogP contribution in [0.2, 0.25) is 0 Å². The average Bonchev–Trinajstić information content (AvgIpc) is 2.35. The normalized spacial score (nSPS) is 10.9. The van der Waals surface area contributed by atoms with Crippen LogP contribution in [0.25, 0.3) is 0 Å². The van der Waals surface area contributed by atoms with Crippen LogP contribution in [0.1, 0.15) is 26.3 Å². The van der Waals surface area contributed by atoms with Gasteiger partial charge in [0.1, 0.15) is 0 Å². The van der Waals surface area contributed by atoms with Gasteiger partial charge >= 0.3 is 11.9 Å². The van der Waals surface area contributed by atoms with E-state index in [0.29, 0.717) is 5.69 Å². The van der Waals surface area contributed by atoms with Crippen LogP contribution in [0.4, 0.5) is 5.69 Å². The van der Waals surface area contributed by atoms with Gasteiger partial charge in [0, 0.05) is 12.7 Å². The van der Waals surface area contributed by atoms with Crippen molar-refractivity contribution >= 4 is 17.6 Å². The van der Waals surface area contributed by atoms with E-state index in [-0.39, 0.29) is 5.41 Å². The summed E-state index contributed by atoms with van der Waals surface area (Å²) in [6, 6.07) is 7.55. The zero-order chi connectivity index (χ0) is 13.9. The fourth-order valence-corrected chi connectivity index (χ4v) is 1.53. The summed E-state index contributed by atoms with van der Waals surface area (Å²) in [4.78, 5) is 24.0. The maximum absolute atomic E-state index is 11.6. The molecule has 0 atom stereocenters. The third-order valence-electron chi connectivity index (χ3n) is 2.79. The summed E-state index contributed by atoms with van der Waals surface area (Å²) in [5, 5.41) is 0. The number of hydrogen-bond acceptors (Lipinski definition) is 3. The molecule has 1 rings (SSSR count). The highest BCUT2D eigenvalue weighted by Gasteiger charge is 2.21. The van der Waals surface area contributed by atoms with Crippen molar-refractivity contribution in [1.82, 2.24) is 0 Å². The van der Waals surface area contributed by atoms with Crippen molar-refractivity contribution < 1.29 is 14.3 Å². The lowest BCUT2D eigenvalue weighted by molar-refractivity contribution is -0.151. The molecule has 0 fully saturated rings. The summed E-state index contributed by atoms with van der Waals surface area (Å²) >= 11 is 0. The molecule has 1 aromatic rings. The summed E-state index contributed by atoms with van der Waals surface area (Å²) in [5.41, 5.74) is 1.90. The summed E-state index contributed by atoms with van der Waals surface area (Å²) in [7, 11) is 2.74. The molecule has 1 aromatic carbocycles. The molecule has 0 aliphatic heterocycles. The predicted octanol–water partition coefficient (Wildman–Crippen LogP) is 2.12. The van der Waals surface area contributed by atoms with Gasteiger partial charge in [-0.15, -0.1) is 0 Å². The summed E-state index contributed by atoms with van der Waals surface area (Å²) in [6.07, 6.45) is 0. The third-order valence-corrected chi connectivity index (χ3v) is 2.79. The second kappa shape index (κ2) is 5.21. The molecule has 0 heterocycles. The molecule has 4 nitrogen and oxygen atoms in total. The number of benzene rings is 1. The number of hydrogen-bond donors (Lipinski definition) is 0. The Bertz CT molecular complexity index is 443. The van der Waals surface area contributed by atoms with Crippen LogP contribution in [-0.2, 0) is 19.7 Å². The molecule has 0 aliphatic rings. The molecule has 0 unspecified atom stereocenters. The van der Waals surface area contributed by atoms with E-state index >= 15 is 0 Å². The Morgan fingerprint density at radius 1 is 1.11 bits per heavy atom. The molecule has 0 spiro atoms. The van der Waals surface area contributed by atoms with E-state index in [1.807, 2.05) is 24.3 Å². The first-order valence-corrected chi connectivity index (χ1v) is 5.74. The number of methoxy groups -OCH3 is 1. The topological polar surface area (TPSA) is 46.6 Å². The Hall–Kier alpha value is -1.84. The fraction of sp³-hybridized carbons (Fsp3) is 0.429. The van der Waals surface area contributed by atoms with Crippen LogP contribution >= 0.6 is 0 Å². The van der Waals surface area contributed by atoms with Crippen molar-refractivity contribution in [1.29, 1.82) is 0 Å². The summed E-state index contributed by atoms with van der Waals surface area (Å²) in [6.45, 7) is 6.35. The molecule has 0 saturated heterocycles. The van der Waals surface area contributed by atoms with Gasteiger partial charge in [0.2, 0.25) is 0 Å². The monoisotopic (exact) mass is 249 g/mol. The number of esters is 1. The van der Waals surface area contributed by atoms with E-state index < -0.39 is 11.9 Å². The highest BCUT2D eigenvalue weighted by atomic mass is 16.5.